The van der Waals surface area contributed by atoms with Crippen molar-refractivity contribution in [3.05, 3.63) is 33.9 Å². The normalized spacial score (nSPS) is 10.1. The van der Waals surface area contributed by atoms with Gasteiger partial charge in [-0.25, -0.2) is 0 Å². The fraction of sp³-hybridized carbons (Fsp3) is 0.385. The smallest absolute Gasteiger partial charge is 0.270 e. The minimum atomic E-state index is -0.564. The Hall–Kier alpha value is -2.62. The molecule has 20 heavy (non-hydrogen) atoms. The second kappa shape index (κ2) is 6.52. The molecule has 0 heterocycles. The van der Waals surface area contributed by atoms with E-state index in [-0.39, 0.29) is 23.7 Å². The third-order valence-electron chi connectivity index (χ3n) is 2.58. The van der Waals surface area contributed by atoms with Gasteiger partial charge in [0.2, 0.25) is 5.91 Å². The molecule has 0 atom stereocenters. The molecule has 0 bridgehead atoms. The number of nitro groups is 1. The summed E-state index contributed by atoms with van der Waals surface area (Å²) in [5, 5.41) is 19.8. The van der Waals surface area contributed by atoms with Crippen molar-refractivity contribution < 1.29 is 9.72 Å². The molecule has 1 aromatic rings. The van der Waals surface area contributed by atoms with Crippen LogP contribution < -0.4 is 10.6 Å². The van der Waals surface area contributed by atoms with Crippen LogP contribution in [-0.4, -0.2) is 23.9 Å². The van der Waals surface area contributed by atoms with Crippen LogP contribution in [-0.2, 0) is 4.79 Å². The van der Waals surface area contributed by atoms with Crippen LogP contribution in [0.25, 0.3) is 0 Å². The summed E-state index contributed by atoms with van der Waals surface area (Å²) in [6.45, 7) is 4.41. The molecule has 1 rings (SSSR count). The first-order chi connectivity index (χ1) is 9.35. The van der Waals surface area contributed by atoms with E-state index in [9.17, 15) is 14.9 Å². The Morgan fingerprint density at radius 1 is 1.55 bits per heavy atom. The maximum atomic E-state index is 11.1. The predicted octanol–water partition coefficient (Wildman–Crippen LogP) is 1.41. The van der Waals surface area contributed by atoms with Gasteiger partial charge >= 0.3 is 0 Å². The number of anilines is 1. The van der Waals surface area contributed by atoms with Crippen molar-refractivity contribution in [3.63, 3.8) is 0 Å². The third kappa shape index (κ3) is 3.95. The number of nitrogens with two attached hydrogens (primary N) is 1. The number of rotatable bonds is 6. The van der Waals surface area contributed by atoms with E-state index in [2.05, 4.69) is 0 Å². The minimum absolute atomic E-state index is 0.0370. The number of nitriles is 1. The Morgan fingerprint density at radius 3 is 2.65 bits per heavy atom. The zero-order chi connectivity index (χ0) is 15.3. The monoisotopic (exact) mass is 276 g/mol. The third-order valence-corrected chi connectivity index (χ3v) is 2.58. The highest BCUT2D eigenvalue weighted by Gasteiger charge is 2.18. The fourth-order valence-electron chi connectivity index (χ4n) is 1.88. The molecular weight excluding hydrogens is 260 g/mol. The maximum Gasteiger partial charge on any atom is 0.270 e. The van der Waals surface area contributed by atoms with Gasteiger partial charge in [-0.15, -0.1) is 0 Å². The van der Waals surface area contributed by atoms with Gasteiger partial charge in [0.1, 0.15) is 6.07 Å². The molecule has 0 aliphatic rings. The molecule has 0 aromatic heterocycles. The van der Waals surface area contributed by atoms with Crippen molar-refractivity contribution >= 4 is 17.3 Å². The summed E-state index contributed by atoms with van der Waals surface area (Å²) >= 11 is 0. The zero-order valence-corrected chi connectivity index (χ0v) is 11.4. The van der Waals surface area contributed by atoms with Gasteiger partial charge in [-0.05, 0) is 12.0 Å². The van der Waals surface area contributed by atoms with Crippen molar-refractivity contribution in [2.24, 2.45) is 11.7 Å². The second-order valence-electron chi connectivity index (χ2n) is 4.81. The SMILES string of the molecule is CC(C)CN(CC(N)=O)c1ccc([N+](=O)[O-])cc1C#N. The number of primary amides is 1. The van der Waals surface area contributed by atoms with Gasteiger partial charge in [0.05, 0.1) is 22.7 Å². The quantitative estimate of drug-likeness (QED) is 0.623. The molecule has 2 N–H and O–H groups in total. The van der Waals surface area contributed by atoms with Crippen LogP contribution in [0, 0.1) is 27.4 Å². The topological polar surface area (TPSA) is 113 Å². The van der Waals surface area contributed by atoms with E-state index in [4.69, 9.17) is 11.0 Å². The molecule has 1 amide bonds. The maximum absolute atomic E-state index is 11.1. The van der Waals surface area contributed by atoms with Crippen LogP contribution in [0.3, 0.4) is 0 Å². The van der Waals surface area contributed by atoms with Crippen LogP contribution in [0.4, 0.5) is 11.4 Å². The fourth-order valence-corrected chi connectivity index (χ4v) is 1.88. The number of carbonyl (C=O) groups is 1. The summed E-state index contributed by atoms with van der Waals surface area (Å²) < 4.78 is 0. The Bertz CT molecular complexity index is 563. The molecule has 106 valence electrons. The number of nitro benzene ring substituents is 1. The minimum Gasteiger partial charge on any atom is -0.368 e. The summed E-state index contributed by atoms with van der Waals surface area (Å²) in [6.07, 6.45) is 0. The van der Waals surface area contributed by atoms with Crippen LogP contribution in [0.2, 0.25) is 0 Å². The van der Waals surface area contributed by atoms with E-state index in [1.165, 1.54) is 18.2 Å². The van der Waals surface area contributed by atoms with Gasteiger partial charge in [0.15, 0.2) is 0 Å². The van der Waals surface area contributed by atoms with Gasteiger partial charge in [-0.1, -0.05) is 13.8 Å². The molecule has 0 saturated heterocycles. The summed E-state index contributed by atoms with van der Waals surface area (Å²) in [7, 11) is 0. The van der Waals surface area contributed by atoms with Crippen LogP contribution in [0.15, 0.2) is 18.2 Å². The largest absolute Gasteiger partial charge is 0.368 e. The number of non-ortho nitro benzene ring substituents is 1. The van der Waals surface area contributed by atoms with Crippen molar-refractivity contribution in [1.82, 2.24) is 0 Å². The van der Waals surface area contributed by atoms with E-state index in [1.807, 2.05) is 19.9 Å². The lowest BCUT2D eigenvalue weighted by Gasteiger charge is -2.26. The molecule has 0 aliphatic heterocycles. The van der Waals surface area contributed by atoms with E-state index in [0.29, 0.717) is 12.2 Å². The van der Waals surface area contributed by atoms with Crippen LogP contribution in [0.5, 0.6) is 0 Å². The second-order valence-corrected chi connectivity index (χ2v) is 4.81. The lowest BCUT2D eigenvalue weighted by atomic mass is 10.1. The molecule has 0 spiro atoms. The van der Waals surface area contributed by atoms with Gasteiger partial charge in [0.25, 0.3) is 5.69 Å². The van der Waals surface area contributed by atoms with Crippen molar-refractivity contribution in [3.8, 4) is 6.07 Å². The number of amides is 1. The lowest BCUT2D eigenvalue weighted by Crippen LogP contribution is -2.36. The molecule has 0 saturated carbocycles. The summed E-state index contributed by atoms with van der Waals surface area (Å²) in [5.41, 5.74) is 5.68. The number of carbonyl (C=O) groups excluding carboxylic acids is 1. The first-order valence-corrected chi connectivity index (χ1v) is 6.07. The summed E-state index contributed by atoms with van der Waals surface area (Å²) in [5.74, 6) is -0.274. The Labute approximate surface area is 116 Å². The van der Waals surface area contributed by atoms with Crippen molar-refractivity contribution in [1.29, 1.82) is 5.26 Å². The van der Waals surface area contributed by atoms with E-state index in [0.717, 1.165) is 0 Å². The first-order valence-electron chi connectivity index (χ1n) is 6.07. The Morgan fingerprint density at radius 2 is 2.20 bits per heavy atom. The summed E-state index contributed by atoms with van der Waals surface area (Å²) in [6, 6.07) is 5.90. The lowest BCUT2D eigenvalue weighted by molar-refractivity contribution is -0.384. The Balaban J connectivity index is 3.22. The number of hydrogen-bond acceptors (Lipinski definition) is 5. The number of nitrogens with zero attached hydrogens (tertiary/aromatic N) is 3. The number of hydrogen-bond donors (Lipinski definition) is 1. The first kappa shape index (κ1) is 15.4. The average Bonchev–Trinajstić information content (AvgIpc) is 2.35. The predicted molar refractivity (Wildman–Crippen MR) is 74.1 cm³/mol. The summed E-state index contributed by atoms with van der Waals surface area (Å²) in [4.78, 5) is 22.9. The molecular formula is C13H16N4O3. The molecule has 0 fully saturated rings. The molecule has 0 radical (unpaired) electrons. The Kier molecular flexibility index (Phi) is 5.03. The molecule has 0 unspecified atom stereocenters. The highest BCUT2D eigenvalue weighted by atomic mass is 16.6. The van der Waals surface area contributed by atoms with Gasteiger partial charge < -0.3 is 10.6 Å². The molecule has 7 nitrogen and oxygen atoms in total. The molecule has 1 aromatic carbocycles. The van der Waals surface area contributed by atoms with Crippen molar-refractivity contribution in [2.45, 2.75) is 13.8 Å². The number of benzene rings is 1. The van der Waals surface area contributed by atoms with Gasteiger partial charge in [-0.2, -0.15) is 5.26 Å². The molecule has 0 aliphatic carbocycles. The van der Waals surface area contributed by atoms with Gasteiger partial charge in [0, 0.05) is 18.7 Å². The van der Waals surface area contributed by atoms with Crippen molar-refractivity contribution in [2.75, 3.05) is 18.0 Å². The van der Waals surface area contributed by atoms with E-state index < -0.39 is 10.8 Å². The molecule has 7 heteroatoms. The highest BCUT2D eigenvalue weighted by molar-refractivity contribution is 5.80. The van der Waals surface area contributed by atoms with Crippen LogP contribution in [0.1, 0.15) is 19.4 Å². The van der Waals surface area contributed by atoms with E-state index >= 15 is 0 Å². The standard InChI is InChI=1S/C13H16N4O3/c1-9(2)7-16(8-13(15)18)12-4-3-11(17(19)20)5-10(12)6-14/h3-5,9H,7-8H2,1-2H3,(H2,15,18). The van der Waals surface area contributed by atoms with E-state index in [1.54, 1.807) is 4.90 Å². The average molecular weight is 276 g/mol. The van der Waals surface area contributed by atoms with Crippen LogP contribution >= 0.6 is 0 Å². The zero-order valence-electron chi connectivity index (χ0n) is 11.4. The highest BCUT2D eigenvalue weighted by Crippen LogP contribution is 2.25. The van der Waals surface area contributed by atoms with Gasteiger partial charge in [-0.3, -0.25) is 14.9 Å².